The van der Waals surface area contributed by atoms with Gasteiger partial charge in [-0.25, -0.2) is 0 Å². The highest BCUT2D eigenvalue weighted by molar-refractivity contribution is 5.33. The predicted octanol–water partition coefficient (Wildman–Crippen LogP) is 6.79. The van der Waals surface area contributed by atoms with Crippen molar-refractivity contribution >= 4 is 0 Å². The molecule has 3 rings (SSSR count). The number of benzene rings is 3. The molecule has 0 aliphatic heterocycles. The van der Waals surface area contributed by atoms with Crippen LogP contribution in [0.4, 0.5) is 0 Å². The summed E-state index contributed by atoms with van der Waals surface area (Å²) in [6.07, 6.45) is 3.61. The zero-order chi connectivity index (χ0) is 16.6. The van der Waals surface area contributed by atoms with E-state index in [1.807, 2.05) is 0 Å². The van der Waals surface area contributed by atoms with E-state index in [2.05, 4.69) is 97.9 Å². The topological polar surface area (TPSA) is 0 Å². The van der Waals surface area contributed by atoms with Crippen LogP contribution in [0, 0.1) is 0 Å². The van der Waals surface area contributed by atoms with E-state index in [0.717, 1.165) is 6.42 Å². The molecule has 24 heavy (non-hydrogen) atoms. The van der Waals surface area contributed by atoms with Crippen LogP contribution in [-0.4, -0.2) is 0 Å². The lowest BCUT2D eigenvalue weighted by Crippen LogP contribution is -2.08. The van der Waals surface area contributed by atoms with Gasteiger partial charge < -0.3 is 0 Å². The molecule has 3 aromatic carbocycles. The van der Waals surface area contributed by atoms with Crippen molar-refractivity contribution in [3.8, 4) is 0 Å². The lowest BCUT2D eigenvalue weighted by molar-refractivity contribution is 0.534. The maximum atomic E-state index is 2.29. The lowest BCUT2D eigenvalue weighted by Gasteiger charge is -2.25. The summed E-state index contributed by atoms with van der Waals surface area (Å²) < 4.78 is 0. The van der Waals surface area contributed by atoms with Gasteiger partial charge in [0.15, 0.2) is 0 Å². The zero-order valence-electron chi connectivity index (χ0n) is 14.4. The first kappa shape index (κ1) is 16.5. The Morgan fingerprint density at radius 3 is 1.42 bits per heavy atom. The van der Waals surface area contributed by atoms with Crippen molar-refractivity contribution in [3.63, 3.8) is 0 Å². The Labute approximate surface area is 146 Å². The predicted molar refractivity (Wildman–Crippen MR) is 103 cm³/mol. The van der Waals surface area contributed by atoms with Crippen molar-refractivity contribution in [1.82, 2.24) is 0 Å². The molecule has 0 amide bonds. The number of hydrogen-bond donors (Lipinski definition) is 0. The fourth-order valence-electron chi connectivity index (χ4n) is 3.61. The zero-order valence-corrected chi connectivity index (χ0v) is 14.4. The van der Waals surface area contributed by atoms with Crippen molar-refractivity contribution in [1.29, 1.82) is 0 Å². The van der Waals surface area contributed by atoms with Gasteiger partial charge in [-0.3, -0.25) is 0 Å². The molecule has 0 saturated heterocycles. The molecule has 0 radical (unpaired) electrons. The maximum Gasteiger partial charge on any atom is 0.00951 e. The Morgan fingerprint density at radius 2 is 1.00 bits per heavy atom. The molecule has 1 unspecified atom stereocenters. The van der Waals surface area contributed by atoms with Crippen LogP contribution in [0.25, 0.3) is 0 Å². The molecular formula is C24H26. The third-order valence-electron chi connectivity index (χ3n) is 4.83. The molecule has 0 aliphatic rings. The fourth-order valence-corrected chi connectivity index (χ4v) is 3.61. The monoisotopic (exact) mass is 314 g/mol. The minimum Gasteiger partial charge on any atom is -0.0654 e. The van der Waals surface area contributed by atoms with Crippen molar-refractivity contribution in [2.24, 2.45) is 0 Å². The minimum absolute atomic E-state index is 0.448. The van der Waals surface area contributed by atoms with Crippen LogP contribution in [0.3, 0.4) is 0 Å². The summed E-state index contributed by atoms with van der Waals surface area (Å²) in [5.74, 6) is 1.05. The van der Waals surface area contributed by atoms with E-state index in [0.29, 0.717) is 11.8 Å². The third kappa shape index (κ3) is 4.14. The van der Waals surface area contributed by atoms with Crippen LogP contribution in [0.15, 0.2) is 91.0 Å². The second-order valence-corrected chi connectivity index (χ2v) is 6.51. The molecular weight excluding hydrogens is 288 g/mol. The highest BCUT2D eigenvalue weighted by atomic mass is 14.2. The van der Waals surface area contributed by atoms with E-state index in [-0.39, 0.29) is 0 Å². The highest BCUT2D eigenvalue weighted by Gasteiger charge is 2.20. The van der Waals surface area contributed by atoms with Crippen LogP contribution >= 0.6 is 0 Å². The van der Waals surface area contributed by atoms with Gasteiger partial charge in [-0.2, -0.15) is 0 Å². The summed E-state index contributed by atoms with van der Waals surface area (Å²) in [5.41, 5.74) is 4.30. The van der Waals surface area contributed by atoms with Crippen LogP contribution in [0.1, 0.15) is 54.7 Å². The average molecular weight is 314 g/mol. The molecule has 0 heteroatoms. The van der Waals surface area contributed by atoms with Crippen LogP contribution in [-0.2, 0) is 0 Å². The molecule has 0 nitrogen and oxygen atoms in total. The molecule has 0 spiro atoms. The summed E-state index contributed by atoms with van der Waals surface area (Å²) in [4.78, 5) is 0. The van der Waals surface area contributed by atoms with Gasteiger partial charge in [-0.15, -0.1) is 0 Å². The Balaban J connectivity index is 1.93. The number of hydrogen-bond acceptors (Lipinski definition) is 0. The Bertz CT molecular complexity index is 661. The van der Waals surface area contributed by atoms with E-state index < -0.39 is 0 Å². The van der Waals surface area contributed by atoms with Gasteiger partial charge in [0.2, 0.25) is 0 Å². The van der Waals surface area contributed by atoms with Crippen molar-refractivity contribution in [2.45, 2.75) is 38.0 Å². The molecule has 0 aromatic heterocycles. The van der Waals surface area contributed by atoms with Crippen molar-refractivity contribution < 1.29 is 0 Å². The molecule has 0 aliphatic carbocycles. The standard InChI is InChI=1S/C24H26/c1-2-12-23(20-13-6-3-7-14-20)19-24(21-15-8-4-9-16-21)22-17-10-5-11-18-22/h3-11,13-18,23-24H,2,12,19H2,1H3. The molecule has 3 aromatic rings. The Hall–Kier alpha value is -2.34. The van der Waals surface area contributed by atoms with E-state index in [4.69, 9.17) is 0 Å². The van der Waals surface area contributed by atoms with Gasteiger partial charge in [0.1, 0.15) is 0 Å². The van der Waals surface area contributed by atoms with E-state index in [1.165, 1.54) is 29.5 Å². The normalized spacial score (nSPS) is 12.2. The molecule has 1 atom stereocenters. The first-order chi connectivity index (χ1) is 11.9. The summed E-state index contributed by atoms with van der Waals surface area (Å²) in [5, 5.41) is 0. The quantitative estimate of drug-likeness (QED) is 0.450. The summed E-state index contributed by atoms with van der Waals surface area (Å²) in [6.45, 7) is 2.29. The second-order valence-electron chi connectivity index (χ2n) is 6.51. The Kier molecular flexibility index (Phi) is 5.85. The van der Waals surface area contributed by atoms with Gasteiger partial charge in [0.05, 0.1) is 0 Å². The highest BCUT2D eigenvalue weighted by Crippen LogP contribution is 2.37. The van der Waals surface area contributed by atoms with Gasteiger partial charge in [-0.1, -0.05) is 104 Å². The minimum atomic E-state index is 0.448. The van der Waals surface area contributed by atoms with Crippen molar-refractivity contribution in [2.75, 3.05) is 0 Å². The molecule has 0 fully saturated rings. The maximum absolute atomic E-state index is 2.29. The van der Waals surface area contributed by atoms with Gasteiger partial charge in [-0.05, 0) is 35.4 Å². The van der Waals surface area contributed by atoms with Crippen LogP contribution in [0.5, 0.6) is 0 Å². The number of rotatable bonds is 7. The SMILES string of the molecule is CCCC(CC(c1ccccc1)c1ccccc1)c1ccccc1. The van der Waals surface area contributed by atoms with Crippen molar-refractivity contribution in [3.05, 3.63) is 108 Å². The summed E-state index contributed by atoms with van der Waals surface area (Å²) in [6, 6.07) is 32.9. The summed E-state index contributed by atoms with van der Waals surface area (Å²) >= 11 is 0. The smallest absolute Gasteiger partial charge is 0.00951 e. The van der Waals surface area contributed by atoms with Gasteiger partial charge in [0, 0.05) is 5.92 Å². The Morgan fingerprint density at radius 1 is 0.583 bits per heavy atom. The van der Waals surface area contributed by atoms with E-state index >= 15 is 0 Å². The third-order valence-corrected chi connectivity index (χ3v) is 4.83. The van der Waals surface area contributed by atoms with Gasteiger partial charge in [0.25, 0.3) is 0 Å². The van der Waals surface area contributed by atoms with Crippen LogP contribution < -0.4 is 0 Å². The molecule has 122 valence electrons. The van der Waals surface area contributed by atoms with E-state index in [9.17, 15) is 0 Å². The first-order valence-corrected chi connectivity index (χ1v) is 9.03. The second kappa shape index (κ2) is 8.49. The van der Waals surface area contributed by atoms with Crippen LogP contribution in [0.2, 0.25) is 0 Å². The largest absolute Gasteiger partial charge is 0.0654 e. The molecule has 0 heterocycles. The molecule has 0 bridgehead atoms. The fraction of sp³-hybridized carbons (Fsp3) is 0.250. The molecule has 0 saturated carbocycles. The summed E-state index contributed by atoms with van der Waals surface area (Å²) in [7, 11) is 0. The van der Waals surface area contributed by atoms with E-state index in [1.54, 1.807) is 0 Å². The molecule has 0 N–H and O–H groups in total. The average Bonchev–Trinajstić information content (AvgIpc) is 2.67. The first-order valence-electron chi connectivity index (χ1n) is 9.03. The van der Waals surface area contributed by atoms with Gasteiger partial charge >= 0.3 is 0 Å². The lowest BCUT2D eigenvalue weighted by atomic mass is 9.79.